The average molecular weight is 371 g/mol. The fraction of sp³-hybridized carbons (Fsp3) is 0.125. The van der Waals surface area contributed by atoms with E-state index < -0.39 is 23.7 Å². The Morgan fingerprint density at radius 3 is 2.50 bits per heavy atom. The molecule has 1 atom stereocenters. The molecule has 0 saturated carbocycles. The number of ether oxygens (including phenoxy) is 1. The standard InChI is InChI=1S/C16H13Cl2FN2O3/c1-9(24-13-8-3-2-7-12(13)19)15(22)20-21-16(23)10-5-4-6-11(17)14(10)18/h2-9H,1H3,(H,20,22)(H,21,23). The van der Waals surface area contributed by atoms with Gasteiger partial charge >= 0.3 is 0 Å². The van der Waals surface area contributed by atoms with E-state index in [0.29, 0.717) is 0 Å². The summed E-state index contributed by atoms with van der Waals surface area (Å²) in [6.07, 6.45) is -1.03. The van der Waals surface area contributed by atoms with E-state index in [2.05, 4.69) is 10.9 Å². The molecule has 0 aliphatic carbocycles. The summed E-state index contributed by atoms with van der Waals surface area (Å²) in [4.78, 5) is 23.9. The number of amides is 2. The van der Waals surface area contributed by atoms with Crippen molar-refractivity contribution in [1.29, 1.82) is 0 Å². The van der Waals surface area contributed by atoms with Crippen molar-refractivity contribution >= 4 is 35.0 Å². The summed E-state index contributed by atoms with van der Waals surface area (Å²) in [6, 6.07) is 10.2. The van der Waals surface area contributed by atoms with E-state index in [-0.39, 0.29) is 21.4 Å². The Hall–Kier alpha value is -2.31. The highest BCUT2D eigenvalue weighted by atomic mass is 35.5. The average Bonchev–Trinajstić information content (AvgIpc) is 2.56. The van der Waals surface area contributed by atoms with Gasteiger partial charge in [-0.15, -0.1) is 0 Å². The first-order valence-electron chi connectivity index (χ1n) is 6.85. The van der Waals surface area contributed by atoms with Crippen molar-refractivity contribution < 1.29 is 18.7 Å². The lowest BCUT2D eigenvalue weighted by Crippen LogP contribution is -2.47. The fourth-order valence-electron chi connectivity index (χ4n) is 1.75. The highest BCUT2D eigenvalue weighted by Gasteiger charge is 2.18. The number of halogens is 3. The van der Waals surface area contributed by atoms with Gasteiger partial charge in [-0.05, 0) is 31.2 Å². The Labute approximate surface area is 147 Å². The molecule has 1 unspecified atom stereocenters. The first kappa shape index (κ1) is 18.0. The summed E-state index contributed by atoms with van der Waals surface area (Å²) < 4.78 is 18.7. The quantitative estimate of drug-likeness (QED) is 0.810. The van der Waals surface area contributed by atoms with Gasteiger partial charge in [0.2, 0.25) is 0 Å². The largest absolute Gasteiger partial charge is 0.478 e. The van der Waals surface area contributed by atoms with E-state index in [1.165, 1.54) is 37.3 Å². The Bertz CT molecular complexity index is 771. The lowest BCUT2D eigenvalue weighted by Gasteiger charge is -2.15. The van der Waals surface area contributed by atoms with Crippen LogP contribution < -0.4 is 15.6 Å². The third-order valence-corrected chi connectivity index (χ3v) is 3.82. The number of carbonyl (C=O) groups is 2. The minimum absolute atomic E-state index is 0.0654. The predicted molar refractivity (Wildman–Crippen MR) is 88.6 cm³/mol. The molecule has 2 aromatic carbocycles. The monoisotopic (exact) mass is 370 g/mol. The van der Waals surface area contributed by atoms with Gasteiger partial charge in [-0.25, -0.2) is 4.39 Å². The maximum atomic E-state index is 13.5. The van der Waals surface area contributed by atoms with E-state index in [1.807, 2.05) is 0 Å². The van der Waals surface area contributed by atoms with E-state index in [1.54, 1.807) is 12.1 Å². The van der Waals surface area contributed by atoms with Crippen LogP contribution in [0.15, 0.2) is 42.5 Å². The molecule has 8 heteroatoms. The summed E-state index contributed by atoms with van der Waals surface area (Å²) >= 11 is 11.7. The molecule has 2 N–H and O–H groups in total. The Morgan fingerprint density at radius 1 is 1.08 bits per heavy atom. The summed E-state index contributed by atoms with van der Waals surface area (Å²) in [7, 11) is 0. The molecule has 0 aliphatic rings. The van der Waals surface area contributed by atoms with Crippen molar-refractivity contribution in [2.45, 2.75) is 13.0 Å². The van der Waals surface area contributed by atoms with Gasteiger partial charge in [-0.2, -0.15) is 0 Å². The number of carbonyl (C=O) groups excluding carboxylic acids is 2. The van der Waals surface area contributed by atoms with Crippen LogP contribution in [0.5, 0.6) is 5.75 Å². The number of hydrogen-bond acceptors (Lipinski definition) is 3. The molecule has 2 aromatic rings. The number of para-hydroxylation sites is 1. The second-order valence-electron chi connectivity index (χ2n) is 4.74. The SMILES string of the molecule is CC(Oc1ccccc1F)C(=O)NNC(=O)c1cccc(Cl)c1Cl. The fourth-order valence-corrected chi connectivity index (χ4v) is 2.14. The molecule has 0 radical (unpaired) electrons. The van der Waals surface area contributed by atoms with Gasteiger partial charge in [0.25, 0.3) is 11.8 Å². The van der Waals surface area contributed by atoms with Crippen LogP contribution in [0.4, 0.5) is 4.39 Å². The Kier molecular flexibility index (Phi) is 6.00. The van der Waals surface area contributed by atoms with Gasteiger partial charge in [0.1, 0.15) is 0 Å². The highest BCUT2D eigenvalue weighted by molar-refractivity contribution is 6.43. The van der Waals surface area contributed by atoms with Gasteiger partial charge in [0.15, 0.2) is 17.7 Å². The second-order valence-corrected chi connectivity index (χ2v) is 5.52. The third kappa shape index (κ3) is 4.37. The van der Waals surface area contributed by atoms with Gasteiger partial charge in [-0.3, -0.25) is 20.4 Å². The minimum atomic E-state index is -1.03. The first-order valence-corrected chi connectivity index (χ1v) is 7.61. The molecule has 0 fully saturated rings. The molecular weight excluding hydrogens is 358 g/mol. The lowest BCUT2D eigenvalue weighted by molar-refractivity contribution is -0.128. The molecule has 2 amide bonds. The van der Waals surface area contributed by atoms with Crippen molar-refractivity contribution in [1.82, 2.24) is 10.9 Å². The molecule has 0 aromatic heterocycles. The smallest absolute Gasteiger partial charge is 0.279 e. The first-order chi connectivity index (χ1) is 11.4. The number of hydrazine groups is 1. The third-order valence-electron chi connectivity index (χ3n) is 3.01. The van der Waals surface area contributed by atoms with Crippen molar-refractivity contribution in [2.24, 2.45) is 0 Å². The summed E-state index contributed by atoms with van der Waals surface area (Å²) in [5, 5.41) is 0.286. The maximum Gasteiger partial charge on any atom is 0.279 e. The number of benzene rings is 2. The molecule has 126 valence electrons. The van der Waals surface area contributed by atoms with Crippen LogP contribution in [0, 0.1) is 5.82 Å². The van der Waals surface area contributed by atoms with Crippen molar-refractivity contribution in [3.8, 4) is 5.75 Å². The van der Waals surface area contributed by atoms with Gasteiger partial charge < -0.3 is 4.74 Å². The Balaban J connectivity index is 1.94. The molecular formula is C16H13Cl2FN2O3. The summed E-state index contributed by atoms with van der Waals surface area (Å²) in [5.74, 6) is -1.96. The molecule has 0 aliphatic heterocycles. The molecule has 0 saturated heterocycles. The van der Waals surface area contributed by atoms with E-state index in [4.69, 9.17) is 27.9 Å². The van der Waals surface area contributed by atoms with Crippen LogP contribution >= 0.6 is 23.2 Å². The molecule has 0 heterocycles. The minimum Gasteiger partial charge on any atom is -0.478 e. The lowest BCUT2D eigenvalue weighted by atomic mass is 10.2. The summed E-state index contributed by atoms with van der Waals surface area (Å²) in [6.45, 7) is 1.42. The van der Waals surface area contributed by atoms with Gasteiger partial charge in [-0.1, -0.05) is 41.4 Å². The predicted octanol–water partition coefficient (Wildman–Crippen LogP) is 3.36. The van der Waals surface area contributed by atoms with E-state index in [0.717, 1.165) is 0 Å². The zero-order valence-corrected chi connectivity index (χ0v) is 14.0. The molecule has 0 bridgehead atoms. The topological polar surface area (TPSA) is 67.4 Å². The van der Waals surface area contributed by atoms with Gasteiger partial charge in [0.05, 0.1) is 15.6 Å². The molecule has 5 nitrogen and oxygen atoms in total. The van der Waals surface area contributed by atoms with E-state index >= 15 is 0 Å². The number of rotatable bonds is 4. The molecule has 0 spiro atoms. The van der Waals surface area contributed by atoms with Crippen LogP contribution in [0.3, 0.4) is 0 Å². The van der Waals surface area contributed by atoms with Crippen molar-refractivity contribution in [3.05, 3.63) is 63.9 Å². The van der Waals surface area contributed by atoms with Crippen LogP contribution in [0.2, 0.25) is 10.0 Å². The van der Waals surface area contributed by atoms with Crippen molar-refractivity contribution in [2.75, 3.05) is 0 Å². The zero-order chi connectivity index (χ0) is 17.7. The van der Waals surface area contributed by atoms with Crippen LogP contribution in [-0.2, 0) is 4.79 Å². The Morgan fingerprint density at radius 2 is 1.79 bits per heavy atom. The normalized spacial score (nSPS) is 11.5. The summed E-state index contributed by atoms with van der Waals surface area (Å²) in [5.41, 5.74) is 4.48. The number of nitrogens with one attached hydrogen (secondary N) is 2. The van der Waals surface area contributed by atoms with Crippen LogP contribution in [0.1, 0.15) is 17.3 Å². The molecule has 24 heavy (non-hydrogen) atoms. The second kappa shape index (κ2) is 7.99. The zero-order valence-electron chi connectivity index (χ0n) is 12.5. The van der Waals surface area contributed by atoms with E-state index in [9.17, 15) is 14.0 Å². The number of hydrogen-bond donors (Lipinski definition) is 2. The van der Waals surface area contributed by atoms with Gasteiger partial charge in [0, 0.05) is 0 Å². The van der Waals surface area contributed by atoms with Crippen LogP contribution in [0.25, 0.3) is 0 Å². The molecule has 2 rings (SSSR count). The maximum absolute atomic E-state index is 13.5. The van der Waals surface area contributed by atoms with Crippen molar-refractivity contribution in [3.63, 3.8) is 0 Å². The highest BCUT2D eigenvalue weighted by Crippen LogP contribution is 2.25. The van der Waals surface area contributed by atoms with Crippen LogP contribution in [-0.4, -0.2) is 17.9 Å².